The number of halogens is 2. The standard InChI is InChI=1S/C19H22ClFN4/c1-10(2)7-14-11(3)17(21)15(20)8-13(14)9-16-24-12(4)18-19(22)23-5-6-25(16)18/h5-6,8,10H,7,9H2,1-4H3,(H2,22,23). The fraction of sp³-hybridized carbons (Fsp3) is 0.368. The summed E-state index contributed by atoms with van der Waals surface area (Å²) in [5.41, 5.74) is 10.3. The molecule has 0 saturated heterocycles. The van der Waals surface area contributed by atoms with Crippen molar-refractivity contribution < 1.29 is 4.39 Å². The van der Waals surface area contributed by atoms with E-state index < -0.39 is 0 Å². The maximum atomic E-state index is 14.3. The van der Waals surface area contributed by atoms with Crippen molar-refractivity contribution in [2.45, 2.75) is 40.5 Å². The van der Waals surface area contributed by atoms with Crippen molar-refractivity contribution >= 4 is 22.9 Å². The Balaban J connectivity index is 2.14. The highest BCUT2D eigenvalue weighted by atomic mass is 35.5. The number of benzene rings is 1. The van der Waals surface area contributed by atoms with Crippen LogP contribution in [0.5, 0.6) is 0 Å². The van der Waals surface area contributed by atoms with Crippen molar-refractivity contribution in [3.05, 3.63) is 57.5 Å². The van der Waals surface area contributed by atoms with Crippen LogP contribution in [-0.4, -0.2) is 14.4 Å². The van der Waals surface area contributed by atoms with Crippen LogP contribution in [0.4, 0.5) is 10.2 Å². The smallest absolute Gasteiger partial charge is 0.149 e. The molecule has 0 bridgehead atoms. The predicted octanol–water partition coefficient (Wildman–Crippen LogP) is 4.51. The molecule has 0 aliphatic carbocycles. The Morgan fingerprint density at radius 1 is 1.32 bits per heavy atom. The summed E-state index contributed by atoms with van der Waals surface area (Å²) in [5, 5.41) is 0.152. The van der Waals surface area contributed by atoms with Gasteiger partial charge in [-0.3, -0.25) is 4.40 Å². The van der Waals surface area contributed by atoms with Crippen molar-refractivity contribution in [3.63, 3.8) is 0 Å². The molecule has 0 amide bonds. The third-order valence-electron chi connectivity index (χ3n) is 4.47. The van der Waals surface area contributed by atoms with Gasteiger partial charge in [0.25, 0.3) is 0 Å². The third-order valence-corrected chi connectivity index (χ3v) is 4.75. The lowest BCUT2D eigenvalue weighted by atomic mass is 9.92. The number of fused-ring (bicyclic) bond motifs is 1. The molecule has 0 spiro atoms. The Morgan fingerprint density at radius 2 is 2.04 bits per heavy atom. The summed E-state index contributed by atoms with van der Waals surface area (Å²) in [6, 6.07) is 1.72. The van der Waals surface area contributed by atoms with Gasteiger partial charge in [-0.1, -0.05) is 25.4 Å². The fourth-order valence-corrected chi connectivity index (χ4v) is 3.59. The second-order valence-electron chi connectivity index (χ2n) is 6.85. The highest BCUT2D eigenvalue weighted by Crippen LogP contribution is 2.29. The van der Waals surface area contributed by atoms with Crippen LogP contribution in [0.3, 0.4) is 0 Å². The van der Waals surface area contributed by atoms with E-state index in [-0.39, 0.29) is 10.8 Å². The molecule has 0 atom stereocenters. The van der Waals surface area contributed by atoms with Crippen LogP contribution in [-0.2, 0) is 12.8 Å². The lowest BCUT2D eigenvalue weighted by Gasteiger charge is -2.16. The van der Waals surface area contributed by atoms with E-state index in [1.165, 1.54) is 0 Å². The Morgan fingerprint density at radius 3 is 2.72 bits per heavy atom. The van der Waals surface area contributed by atoms with E-state index >= 15 is 0 Å². The third kappa shape index (κ3) is 3.21. The normalized spacial score (nSPS) is 11.6. The first-order valence-corrected chi connectivity index (χ1v) is 8.71. The fourth-order valence-electron chi connectivity index (χ4n) is 3.32. The zero-order chi connectivity index (χ0) is 18.3. The number of aryl methyl sites for hydroxylation is 1. The number of hydrogen-bond donors (Lipinski definition) is 1. The predicted molar refractivity (Wildman–Crippen MR) is 99.6 cm³/mol. The molecule has 2 N–H and O–H groups in total. The number of anilines is 1. The molecule has 0 radical (unpaired) electrons. The van der Waals surface area contributed by atoms with Gasteiger partial charge in [-0.2, -0.15) is 0 Å². The van der Waals surface area contributed by atoms with Crippen LogP contribution in [0.15, 0.2) is 18.5 Å². The molecule has 1 aromatic carbocycles. The summed E-state index contributed by atoms with van der Waals surface area (Å²) >= 11 is 6.11. The first kappa shape index (κ1) is 17.7. The number of nitrogens with two attached hydrogens (primary N) is 1. The van der Waals surface area contributed by atoms with Crippen LogP contribution < -0.4 is 5.73 Å². The summed E-state index contributed by atoms with van der Waals surface area (Å²) in [6.45, 7) is 7.95. The SMILES string of the molecule is Cc1c(F)c(Cl)cc(Cc2nc(C)c3c(N)nccn23)c1CC(C)C. The lowest BCUT2D eigenvalue weighted by Crippen LogP contribution is -2.07. The topological polar surface area (TPSA) is 56.2 Å². The van der Waals surface area contributed by atoms with E-state index in [0.717, 1.165) is 34.6 Å². The molecule has 25 heavy (non-hydrogen) atoms. The molecule has 132 valence electrons. The van der Waals surface area contributed by atoms with Gasteiger partial charge in [-0.25, -0.2) is 14.4 Å². The molecule has 0 aliphatic rings. The minimum absolute atomic E-state index is 0.152. The second kappa shape index (κ2) is 6.64. The molecule has 0 saturated carbocycles. The van der Waals surface area contributed by atoms with Gasteiger partial charge in [-0.15, -0.1) is 0 Å². The quantitative estimate of drug-likeness (QED) is 0.744. The maximum Gasteiger partial charge on any atom is 0.149 e. The van der Waals surface area contributed by atoms with Gasteiger partial charge < -0.3 is 5.73 Å². The molecule has 0 unspecified atom stereocenters. The Hall–Kier alpha value is -2.14. The van der Waals surface area contributed by atoms with Gasteiger partial charge in [-0.05, 0) is 48.9 Å². The highest BCUT2D eigenvalue weighted by Gasteiger charge is 2.18. The summed E-state index contributed by atoms with van der Waals surface area (Å²) in [4.78, 5) is 8.79. The zero-order valence-electron chi connectivity index (χ0n) is 14.9. The minimum atomic E-state index is -0.335. The lowest BCUT2D eigenvalue weighted by molar-refractivity contribution is 0.599. The van der Waals surface area contributed by atoms with Gasteiger partial charge >= 0.3 is 0 Å². The molecule has 3 rings (SSSR count). The summed E-state index contributed by atoms with van der Waals surface area (Å²) in [7, 11) is 0. The summed E-state index contributed by atoms with van der Waals surface area (Å²) in [5.74, 6) is 1.37. The number of hydrogen-bond acceptors (Lipinski definition) is 3. The number of nitrogen functional groups attached to an aromatic ring is 1. The van der Waals surface area contributed by atoms with Gasteiger partial charge in [0.15, 0.2) is 0 Å². The molecular formula is C19H22ClFN4. The molecule has 2 aromatic heterocycles. The van der Waals surface area contributed by atoms with E-state index in [2.05, 4.69) is 23.8 Å². The largest absolute Gasteiger partial charge is 0.382 e. The second-order valence-corrected chi connectivity index (χ2v) is 7.26. The van der Waals surface area contributed by atoms with Crippen molar-refractivity contribution in [1.29, 1.82) is 0 Å². The summed E-state index contributed by atoms with van der Waals surface area (Å²) in [6.07, 6.45) is 4.86. The van der Waals surface area contributed by atoms with Crippen LogP contribution in [0.25, 0.3) is 5.52 Å². The van der Waals surface area contributed by atoms with E-state index in [4.69, 9.17) is 17.3 Å². The van der Waals surface area contributed by atoms with Crippen molar-refractivity contribution in [1.82, 2.24) is 14.4 Å². The van der Waals surface area contributed by atoms with Crippen molar-refractivity contribution in [2.75, 3.05) is 5.73 Å². The molecule has 6 heteroatoms. The van der Waals surface area contributed by atoms with Gasteiger partial charge in [0.2, 0.25) is 0 Å². The van der Waals surface area contributed by atoms with E-state index in [1.807, 2.05) is 17.5 Å². The monoisotopic (exact) mass is 360 g/mol. The summed E-state index contributed by atoms with van der Waals surface area (Å²) < 4.78 is 16.2. The maximum absolute atomic E-state index is 14.3. The first-order chi connectivity index (χ1) is 11.8. The number of aromatic nitrogens is 3. The van der Waals surface area contributed by atoms with Crippen molar-refractivity contribution in [3.8, 4) is 0 Å². The van der Waals surface area contributed by atoms with Gasteiger partial charge in [0, 0.05) is 18.8 Å². The number of imidazole rings is 1. The Bertz CT molecular complexity index is 946. The van der Waals surface area contributed by atoms with Crippen molar-refractivity contribution in [2.24, 2.45) is 5.92 Å². The molecule has 0 fully saturated rings. The molecule has 3 aromatic rings. The van der Waals surface area contributed by atoms with Gasteiger partial charge in [0.1, 0.15) is 23.0 Å². The molecule has 0 aliphatic heterocycles. The van der Waals surface area contributed by atoms with Gasteiger partial charge in [0.05, 0.1) is 10.7 Å². The molecular weight excluding hydrogens is 339 g/mol. The highest BCUT2D eigenvalue weighted by molar-refractivity contribution is 6.30. The van der Waals surface area contributed by atoms with Crippen LogP contribution in [0.1, 0.15) is 42.1 Å². The van der Waals surface area contributed by atoms with E-state index in [1.54, 1.807) is 19.2 Å². The Kier molecular flexibility index (Phi) is 4.69. The van der Waals surface area contributed by atoms with Crippen LogP contribution in [0.2, 0.25) is 5.02 Å². The molecule has 2 heterocycles. The minimum Gasteiger partial charge on any atom is -0.382 e. The average Bonchev–Trinajstić information content (AvgIpc) is 2.86. The zero-order valence-corrected chi connectivity index (χ0v) is 15.7. The number of rotatable bonds is 4. The Labute approximate surface area is 151 Å². The molecule has 4 nitrogen and oxygen atoms in total. The van der Waals surface area contributed by atoms with E-state index in [9.17, 15) is 4.39 Å². The van der Waals surface area contributed by atoms with Crippen LogP contribution >= 0.6 is 11.6 Å². The number of nitrogens with zero attached hydrogens (tertiary/aromatic N) is 3. The first-order valence-electron chi connectivity index (χ1n) is 8.34. The average molecular weight is 361 g/mol. The van der Waals surface area contributed by atoms with Crippen LogP contribution in [0, 0.1) is 25.6 Å². The van der Waals surface area contributed by atoms with E-state index in [0.29, 0.717) is 23.7 Å².